The topological polar surface area (TPSA) is 53.4 Å². The van der Waals surface area contributed by atoms with Crippen molar-refractivity contribution in [3.05, 3.63) is 83.8 Å². The second-order valence-electron chi connectivity index (χ2n) is 7.47. The maximum Gasteiger partial charge on any atom is 0.143 e. The van der Waals surface area contributed by atoms with Gasteiger partial charge in [0.15, 0.2) is 0 Å². The lowest BCUT2D eigenvalue weighted by Crippen LogP contribution is -2.04. The predicted octanol–water partition coefficient (Wildman–Crippen LogP) is 5.98. The van der Waals surface area contributed by atoms with E-state index in [1.807, 2.05) is 12.4 Å². The van der Waals surface area contributed by atoms with Crippen molar-refractivity contribution < 1.29 is 0 Å². The molecule has 0 unspecified atom stereocenters. The van der Waals surface area contributed by atoms with Gasteiger partial charge < -0.3 is 16.0 Å². The third-order valence-electron chi connectivity index (χ3n) is 5.48. The van der Waals surface area contributed by atoms with Crippen LogP contribution in [0.25, 0.3) is 16.9 Å². The first-order chi connectivity index (χ1) is 14.1. The number of para-hydroxylation sites is 1. The van der Waals surface area contributed by atoms with Gasteiger partial charge in [-0.1, -0.05) is 24.3 Å². The number of aromatic nitrogens is 2. The first-order valence-corrected chi connectivity index (χ1v) is 9.75. The number of nitrogens with one attached hydrogen (secondary N) is 3. The summed E-state index contributed by atoms with van der Waals surface area (Å²) in [6.07, 6.45) is 5.86. The van der Waals surface area contributed by atoms with Crippen molar-refractivity contribution in [3.63, 3.8) is 0 Å². The minimum Gasteiger partial charge on any atom is -0.359 e. The number of benzene rings is 2. The summed E-state index contributed by atoms with van der Waals surface area (Å²) in [6, 6.07) is 16.8. The zero-order valence-corrected chi connectivity index (χ0v) is 16.7. The van der Waals surface area contributed by atoms with Crippen molar-refractivity contribution in [2.75, 3.05) is 16.0 Å². The summed E-state index contributed by atoms with van der Waals surface area (Å²) >= 11 is 0. The quantitative estimate of drug-likeness (QED) is 0.409. The monoisotopic (exact) mass is 381 g/mol. The maximum absolute atomic E-state index is 5.04. The van der Waals surface area contributed by atoms with Crippen LogP contribution in [0.5, 0.6) is 0 Å². The molecule has 2 aromatic carbocycles. The SMILES string of the molecule is Cc1ccc(Nc2c(-c3cccc4c3NC=CN4)nc3c(C)cccn23)cc1C. The Morgan fingerprint density at radius 1 is 0.862 bits per heavy atom. The van der Waals surface area contributed by atoms with Gasteiger partial charge in [0.2, 0.25) is 0 Å². The molecular formula is C24H23N5. The zero-order valence-electron chi connectivity index (χ0n) is 16.7. The summed E-state index contributed by atoms with van der Waals surface area (Å²) < 4.78 is 2.13. The normalized spacial score (nSPS) is 12.4. The van der Waals surface area contributed by atoms with Crippen LogP contribution in [0.4, 0.5) is 22.9 Å². The average Bonchev–Trinajstić information content (AvgIpc) is 3.10. The number of aryl methyl sites for hydroxylation is 3. The zero-order chi connectivity index (χ0) is 20.0. The molecule has 144 valence electrons. The van der Waals surface area contributed by atoms with E-state index in [-0.39, 0.29) is 0 Å². The number of pyridine rings is 1. The van der Waals surface area contributed by atoms with Crippen molar-refractivity contribution in [2.45, 2.75) is 20.8 Å². The minimum atomic E-state index is 0.916. The number of nitrogens with zero attached hydrogens (tertiary/aromatic N) is 2. The summed E-state index contributed by atoms with van der Waals surface area (Å²) in [5.41, 5.74) is 9.71. The predicted molar refractivity (Wildman–Crippen MR) is 121 cm³/mol. The van der Waals surface area contributed by atoms with Crippen LogP contribution in [-0.4, -0.2) is 9.38 Å². The fourth-order valence-electron chi connectivity index (χ4n) is 3.75. The molecule has 0 spiro atoms. The molecule has 0 radical (unpaired) electrons. The average molecular weight is 381 g/mol. The van der Waals surface area contributed by atoms with Crippen molar-refractivity contribution in [1.82, 2.24) is 9.38 Å². The molecule has 5 heteroatoms. The maximum atomic E-state index is 5.04. The number of anilines is 4. The van der Waals surface area contributed by atoms with Gasteiger partial charge in [0, 0.05) is 29.8 Å². The number of rotatable bonds is 3. The highest BCUT2D eigenvalue weighted by molar-refractivity contribution is 5.93. The molecule has 1 aliphatic rings. The van der Waals surface area contributed by atoms with Gasteiger partial charge in [-0.2, -0.15) is 0 Å². The molecule has 0 aliphatic carbocycles. The highest BCUT2D eigenvalue weighted by Gasteiger charge is 2.20. The molecule has 5 nitrogen and oxygen atoms in total. The molecule has 0 bridgehead atoms. The number of hydrogen-bond acceptors (Lipinski definition) is 4. The van der Waals surface area contributed by atoms with Crippen molar-refractivity contribution >= 4 is 28.5 Å². The Labute approximate surface area is 170 Å². The lowest BCUT2D eigenvalue weighted by molar-refractivity contribution is 1.16. The Bertz CT molecular complexity index is 1270. The molecule has 0 saturated heterocycles. The molecule has 2 aromatic heterocycles. The second kappa shape index (κ2) is 6.71. The van der Waals surface area contributed by atoms with E-state index in [9.17, 15) is 0 Å². The molecule has 0 fully saturated rings. The van der Waals surface area contributed by atoms with Gasteiger partial charge in [-0.3, -0.25) is 4.40 Å². The second-order valence-corrected chi connectivity index (χ2v) is 7.47. The van der Waals surface area contributed by atoms with E-state index in [2.05, 4.69) is 95.9 Å². The van der Waals surface area contributed by atoms with E-state index >= 15 is 0 Å². The smallest absolute Gasteiger partial charge is 0.143 e. The van der Waals surface area contributed by atoms with E-state index in [0.717, 1.165) is 45.3 Å². The first kappa shape index (κ1) is 17.4. The van der Waals surface area contributed by atoms with Gasteiger partial charge in [0.25, 0.3) is 0 Å². The van der Waals surface area contributed by atoms with Crippen LogP contribution in [-0.2, 0) is 0 Å². The summed E-state index contributed by atoms with van der Waals surface area (Å²) in [5, 5.41) is 10.3. The molecule has 1 aliphatic heterocycles. The fraction of sp³-hybridized carbons (Fsp3) is 0.125. The van der Waals surface area contributed by atoms with Crippen molar-refractivity contribution in [2.24, 2.45) is 0 Å². The number of fused-ring (bicyclic) bond motifs is 2. The summed E-state index contributed by atoms with van der Waals surface area (Å²) in [6.45, 7) is 6.36. The first-order valence-electron chi connectivity index (χ1n) is 9.75. The molecule has 3 heterocycles. The molecule has 4 aromatic rings. The molecule has 3 N–H and O–H groups in total. The number of imidazole rings is 1. The summed E-state index contributed by atoms with van der Waals surface area (Å²) in [4.78, 5) is 5.04. The van der Waals surface area contributed by atoms with Gasteiger partial charge in [-0.25, -0.2) is 4.98 Å². The van der Waals surface area contributed by atoms with Crippen molar-refractivity contribution in [3.8, 4) is 11.3 Å². The highest BCUT2D eigenvalue weighted by atomic mass is 15.1. The Balaban J connectivity index is 1.73. The standard InChI is InChI=1S/C24H23N5/c1-15-9-10-18(14-17(15)3)27-24-22(28-23-16(2)6-5-13-29(23)24)19-7-4-8-20-21(19)26-12-11-25-20/h4-14,25-27H,1-3H3. The lowest BCUT2D eigenvalue weighted by Gasteiger charge is -2.18. The fourth-order valence-corrected chi connectivity index (χ4v) is 3.75. The largest absolute Gasteiger partial charge is 0.359 e. The third kappa shape index (κ3) is 2.91. The van der Waals surface area contributed by atoms with Gasteiger partial charge in [-0.05, 0) is 61.7 Å². The Morgan fingerprint density at radius 3 is 2.59 bits per heavy atom. The van der Waals surface area contributed by atoms with E-state index in [1.54, 1.807) is 0 Å². The van der Waals surface area contributed by atoms with Crippen LogP contribution in [0.1, 0.15) is 16.7 Å². The third-order valence-corrected chi connectivity index (χ3v) is 5.48. The van der Waals surface area contributed by atoms with Crippen LogP contribution < -0.4 is 16.0 Å². The van der Waals surface area contributed by atoms with Crippen LogP contribution >= 0.6 is 0 Å². The van der Waals surface area contributed by atoms with Gasteiger partial charge in [-0.15, -0.1) is 0 Å². The van der Waals surface area contributed by atoms with E-state index < -0.39 is 0 Å². The van der Waals surface area contributed by atoms with Crippen molar-refractivity contribution in [1.29, 1.82) is 0 Å². The van der Waals surface area contributed by atoms with Gasteiger partial charge in [0.1, 0.15) is 17.2 Å². The molecule has 0 atom stereocenters. The highest BCUT2D eigenvalue weighted by Crippen LogP contribution is 2.40. The van der Waals surface area contributed by atoms with E-state index in [4.69, 9.17) is 4.98 Å². The van der Waals surface area contributed by atoms with Crippen LogP contribution in [0, 0.1) is 20.8 Å². The van der Waals surface area contributed by atoms with Crippen LogP contribution in [0.3, 0.4) is 0 Å². The molecule has 29 heavy (non-hydrogen) atoms. The molecule has 5 rings (SSSR count). The van der Waals surface area contributed by atoms with Gasteiger partial charge in [0.05, 0.1) is 11.4 Å². The Kier molecular flexibility index (Phi) is 4.02. The summed E-state index contributed by atoms with van der Waals surface area (Å²) in [5.74, 6) is 0.955. The minimum absolute atomic E-state index is 0.916. The van der Waals surface area contributed by atoms with E-state index in [0.29, 0.717) is 0 Å². The van der Waals surface area contributed by atoms with E-state index in [1.165, 1.54) is 11.1 Å². The van der Waals surface area contributed by atoms with Crippen LogP contribution in [0.15, 0.2) is 67.1 Å². The number of hydrogen-bond donors (Lipinski definition) is 3. The lowest BCUT2D eigenvalue weighted by atomic mass is 10.1. The Morgan fingerprint density at radius 2 is 1.72 bits per heavy atom. The molecular weight excluding hydrogens is 358 g/mol. The molecule has 0 amide bonds. The van der Waals surface area contributed by atoms with Crippen LogP contribution in [0.2, 0.25) is 0 Å². The summed E-state index contributed by atoms with van der Waals surface area (Å²) in [7, 11) is 0. The molecule has 0 saturated carbocycles. The van der Waals surface area contributed by atoms with Gasteiger partial charge >= 0.3 is 0 Å². The Hall–Kier alpha value is -3.73.